The summed E-state index contributed by atoms with van der Waals surface area (Å²) in [6.45, 7) is 4.34. The molecule has 19 heavy (non-hydrogen) atoms. The summed E-state index contributed by atoms with van der Waals surface area (Å²) in [6, 6.07) is -0.623. The van der Waals surface area contributed by atoms with Gasteiger partial charge in [0.05, 0.1) is 6.20 Å². The molecule has 1 heterocycles. The van der Waals surface area contributed by atoms with Crippen molar-refractivity contribution in [2.24, 2.45) is 12.8 Å². The van der Waals surface area contributed by atoms with Crippen LogP contribution in [0.5, 0.6) is 0 Å². The maximum absolute atomic E-state index is 12.4. The van der Waals surface area contributed by atoms with Crippen LogP contribution in [0.15, 0.2) is 12.4 Å². The van der Waals surface area contributed by atoms with E-state index in [0.717, 1.165) is 25.1 Å². The number of rotatable bonds is 7. The predicted molar refractivity (Wildman–Crippen MR) is 75.6 cm³/mol. The van der Waals surface area contributed by atoms with Crippen LogP contribution in [0.4, 0.5) is 0 Å². The molecular formula is C13H25N5O. The van der Waals surface area contributed by atoms with E-state index in [1.54, 1.807) is 17.1 Å². The van der Waals surface area contributed by atoms with Crippen molar-refractivity contribution >= 4 is 5.91 Å². The summed E-state index contributed by atoms with van der Waals surface area (Å²) in [5, 5.41) is 4.06. The standard InChI is InChI=1S/C13H25N5O/c1-5-6-18(8-7-16(2)3)13(19)12(14)11-9-15-17(4)10-11/h9-10,12H,5-8,14H2,1-4H3. The van der Waals surface area contributed by atoms with Gasteiger partial charge in [-0.3, -0.25) is 9.48 Å². The molecule has 0 radical (unpaired) electrons. The first-order valence-electron chi connectivity index (χ1n) is 6.63. The highest BCUT2D eigenvalue weighted by atomic mass is 16.2. The monoisotopic (exact) mass is 267 g/mol. The van der Waals surface area contributed by atoms with Crippen LogP contribution in [0.25, 0.3) is 0 Å². The highest BCUT2D eigenvalue weighted by Gasteiger charge is 2.22. The number of nitrogens with two attached hydrogens (primary N) is 1. The third-order valence-corrected chi connectivity index (χ3v) is 2.97. The molecule has 108 valence electrons. The summed E-state index contributed by atoms with van der Waals surface area (Å²) in [7, 11) is 5.81. The Morgan fingerprint density at radius 2 is 2.11 bits per heavy atom. The fourth-order valence-electron chi connectivity index (χ4n) is 1.86. The number of carbonyl (C=O) groups excluding carboxylic acids is 1. The number of nitrogens with zero attached hydrogens (tertiary/aromatic N) is 4. The lowest BCUT2D eigenvalue weighted by Gasteiger charge is -2.26. The number of likely N-dealkylation sites (N-methyl/N-ethyl adjacent to an activating group) is 1. The molecule has 0 fully saturated rings. The van der Waals surface area contributed by atoms with Crippen LogP contribution in [-0.2, 0) is 11.8 Å². The molecule has 0 bridgehead atoms. The zero-order valence-electron chi connectivity index (χ0n) is 12.3. The van der Waals surface area contributed by atoms with Crippen LogP contribution in [0, 0.1) is 0 Å². The van der Waals surface area contributed by atoms with E-state index in [-0.39, 0.29) is 5.91 Å². The van der Waals surface area contributed by atoms with Crippen LogP contribution in [0.1, 0.15) is 24.9 Å². The second-order valence-corrected chi connectivity index (χ2v) is 5.05. The smallest absolute Gasteiger partial charge is 0.244 e. The van der Waals surface area contributed by atoms with Gasteiger partial charge in [0, 0.05) is 38.4 Å². The molecule has 0 saturated carbocycles. The maximum atomic E-state index is 12.4. The van der Waals surface area contributed by atoms with Crippen LogP contribution in [0.3, 0.4) is 0 Å². The molecule has 0 aliphatic heterocycles. The summed E-state index contributed by atoms with van der Waals surface area (Å²) >= 11 is 0. The second-order valence-electron chi connectivity index (χ2n) is 5.05. The molecule has 2 N–H and O–H groups in total. The topological polar surface area (TPSA) is 67.4 Å². The van der Waals surface area contributed by atoms with Crippen LogP contribution < -0.4 is 5.73 Å². The van der Waals surface area contributed by atoms with Gasteiger partial charge in [0.15, 0.2) is 0 Å². The molecule has 1 aromatic heterocycles. The largest absolute Gasteiger partial charge is 0.340 e. The zero-order chi connectivity index (χ0) is 14.4. The molecule has 0 saturated heterocycles. The van der Waals surface area contributed by atoms with E-state index in [1.165, 1.54) is 0 Å². The Morgan fingerprint density at radius 1 is 1.42 bits per heavy atom. The van der Waals surface area contributed by atoms with Crippen molar-refractivity contribution in [3.63, 3.8) is 0 Å². The van der Waals surface area contributed by atoms with Crippen molar-refractivity contribution in [3.8, 4) is 0 Å². The van der Waals surface area contributed by atoms with Crippen molar-refractivity contribution in [1.82, 2.24) is 19.6 Å². The fraction of sp³-hybridized carbons (Fsp3) is 0.692. The summed E-state index contributed by atoms with van der Waals surface area (Å²) in [5.41, 5.74) is 6.79. The fourth-order valence-corrected chi connectivity index (χ4v) is 1.86. The minimum Gasteiger partial charge on any atom is -0.340 e. The van der Waals surface area contributed by atoms with Gasteiger partial charge in [-0.05, 0) is 20.5 Å². The molecule has 1 rings (SSSR count). The molecule has 6 nitrogen and oxygen atoms in total. The summed E-state index contributed by atoms with van der Waals surface area (Å²) in [5.74, 6) is -0.0308. The van der Waals surface area contributed by atoms with Crippen LogP contribution in [-0.4, -0.2) is 59.2 Å². The molecule has 1 aromatic rings. The van der Waals surface area contributed by atoms with Crippen LogP contribution in [0.2, 0.25) is 0 Å². The first-order chi connectivity index (χ1) is 8.95. The quantitative estimate of drug-likeness (QED) is 0.767. The van der Waals surface area contributed by atoms with Crippen molar-refractivity contribution in [1.29, 1.82) is 0 Å². The first-order valence-corrected chi connectivity index (χ1v) is 6.63. The average Bonchev–Trinajstić information content (AvgIpc) is 2.79. The van der Waals surface area contributed by atoms with E-state index in [9.17, 15) is 4.79 Å². The Morgan fingerprint density at radius 3 is 2.58 bits per heavy atom. The summed E-state index contributed by atoms with van der Waals surface area (Å²) in [6.07, 6.45) is 4.37. The Bertz CT molecular complexity index is 401. The number of aryl methyl sites for hydroxylation is 1. The van der Waals surface area contributed by atoms with Crippen LogP contribution >= 0.6 is 0 Å². The number of hydrogen-bond acceptors (Lipinski definition) is 4. The molecule has 1 atom stereocenters. The highest BCUT2D eigenvalue weighted by Crippen LogP contribution is 2.12. The van der Waals surface area contributed by atoms with E-state index < -0.39 is 6.04 Å². The van der Waals surface area contributed by atoms with Gasteiger partial charge < -0.3 is 15.5 Å². The molecule has 1 amide bonds. The van der Waals surface area contributed by atoms with Crippen molar-refractivity contribution in [2.45, 2.75) is 19.4 Å². The van der Waals surface area contributed by atoms with Gasteiger partial charge in [0.1, 0.15) is 6.04 Å². The van der Waals surface area contributed by atoms with Gasteiger partial charge in [-0.2, -0.15) is 5.10 Å². The molecule has 0 spiro atoms. The van der Waals surface area contributed by atoms with Gasteiger partial charge in [0.25, 0.3) is 0 Å². The highest BCUT2D eigenvalue weighted by molar-refractivity contribution is 5.82. The van der Waals surface area contributed by atoms with E-state index >= 15 is 0 Å². The van der Waals surface area contributed by atoms with E-state index in [2.05, 4.69) is 16.9 Å². The van der Waals surface area contributed by atoms with Gasteiger partial charge in [0.2, 0.25) is 5.91 Å². The molecule has 1 unspecified atom stereocenters. The Kier molecular flexibility index (Phi) is 5.98. The molecular weight excluding hydrogens is 242 g/mol. The number of amides is 1. The Hall–Kier alpha value is -1.40. The molecule has 0 aliphatic carbocycles. The summed E-state index contributed by atoms with van der Waals surface area (Å²) < 4.78 is 1.66. The molecule has 0 aromatic carbocycles. The predicted octanol–water partition coefficient (Wildman–Crippen LogP) is 0.220. The van der Waals surface area contributed by atoms with Gasteiger partial charge in [-0.15, -0.1) is 0 Å². The SMILES string of the molecule is CCCN(CCN(C)C)C(=O)C(N)c1cnn(C)c1. The third-order valence-electron chi connectivity index (χ3n) is 2.97. The van der Waals surface area contributed by atoms with E-state index in [4.69, 9.17) is 5.73 Å². The number of carbonyl (C=O) groups is 1. The van der Waals surface area contributed by atoms with E-state index in [0.29, 0.717) is 6.54 Å². The van der Waals surface area contributed by atoms with E-state index in [1.807, 2.05) is 26.0 Å². The minimum atomic E-state index is -0.623. The Labute approximate surface area is 115 Å². The van der Waals surface area contributed by atoms with Gasteiger partial charge >= 0.3 is 0 Å². The summed E-state index contributed by atoms with van der Waals surface area (Å²) in [4.78, 5) is 16.3. The molecule has 6 heteroatoms. The average molecular weight is 267 g/mol. The first kappa shape index (κ1) is 15.7. The zero-order valence-corrected chi connectivity index (χ0v) is 12.3. The van der Waals surface area contributed by atoms with Gasteiger partial charge in [-0.25, -0.2) is 0 Å². The van der Waals surface area contributed by atoms with Crippen molar-refractivity contribution in [3.05, 3.63) is 18.0 Å². The van der Waals surface area contributed by atoms with Gasteiger partial charge in [-0.1, -0.05) is 6.92 Å². The molecule has 0 aliphatic rings. The van der Waals surface area contributed by atoms with Crippen molar-refractivity contribution in [2.75, 3.05) is 33.7 Å². The number of aromatic nitrogens is 2. The Balaban J connectivity index is 2.69. The van der Waals surface area contributed by atoms with Crippen molar-refractivity contribution < 1.29 is 4.79 Å². The number of hydrogen-bond donors (Lipinski definition) is 1. The lowest BCUT2D eigenvalue weighted by molar-refractivity contribution is -0.133. The normalized spacial score (nSPS) is 12.7. The maximum Gasteiger partial charge on any atom is 0.244 e. The second kappa shape index (κ2) is 7.25. The minimum absolute atomic E-state index is 0.0308. The lowest BCUT2D eigenvalue weighted by atomic mass is 10.1. The third kappa shape index (κ3) is 4.65. The lowest BCUT2D eigenvalue weighted by Crippen LogP contribution is -2.42.